The van der Waals surface area contributed by atoms with E-state index in [4.69, 9.17) is 9.47 Å². The molecule has 0 atom stereocenters. The molecule has 2 N–H and O–H groups in total. The Labute approximate surface area is 123 Å². The van der Waals surface area contributed by atoms with Crippen molar-refractivity contribution < 1.29 is 17.9 Å². The van der Waals surface area contributed by atoms with E-state index in [0.29, 0.717) is 25.5 Å². The lowest BCUT2D eigenvalue weighted by molar-refractivity contribution is 0.0617. The van der Waals surface area contributed by atoms with E-state index in [-0.39, 0.29) is 5.03 Å². The first-order valence-electron chi connectivity index (χ1n) is 6.28. The molecule has 21 heavy (non-hydrogen) atoms. The molecule has 0 saturated heterocycles. The molecule has 0 aliphatic heterocycles. The Kier molecular flexibility index (Phi) is 5.32. The Bertz CT molecular complexity index is 656. The summed E-state index contributed by atoms with van der Waals surface area (Å²) >= 11 is 0. The van der Waals surface area contributed by atoms with E-state index in [2.05, 4.69) is 14.7 Å². The Morgan fingerprint density at radius 2 is 2.19 bits per heavy atom. The number of benzene rings is 1. The molecule has 0 radical (unpaired) electrons. The lowest BCUT2D eigenvalue weighted by Crippen LogP contribution is -2.13. The quantitative estimate of drug-likeness (QED) is 0.718. The monoisotopic (exact) mass is 311 g/mol. The molecule has 0 fully saturated rings. The molecule has 0 unspecified atom stereocenters. The predicted octanol–water partition coefficient (Wildman–Crippen LogP) is 1.37. The Morgan fingerprint density at radius 3 is 2.90 bits per heavy atom. The highest BCUT2D eigenvalue weighted by atomic mass is 32.2. The molecule has 0 spiro atoms. The highest BCUT2D eigenvalue weighted by molar-refractivity contribution is 7.92. The maximum absolute atomic E-state index is 12.0. The van der Waals surface area contributed by atoms with Crippen molar-refractivity contribution in [1.82, 2.24) is 9.97 Å². The van der Waals surface area contributed by atoms with Crippen molar-refractivity contribution >= 4 is 15.7 Å². The number of aromatic nitrogens is 2. The number of rotatable bonds is 8. The Balaban J connectivity index is 2.01. The largest absolute Gasteiger partial charge is 0.382 e. The number of H-pyrrole nitrogens is 1. The standard InChI is InChI=1S/C13H17N3O4S/c1-19-5-6-20-9-11-3-2-4-12(7-11)16-21(17,18)13-8-14-10-15-13/h2-4,7-8,10,16H,5-6,9H2,1H3,(H,14,15). The second kappa shape index (κ2) is 7.21. The van der Waals surface area contributed by atoms with Gasteiger partial charge in [0.05, 0.1) is 32.3 Å². The highest BCUT2D eigenvalue weighted by Crippen LogP contribution is 2.16. The maximum atomic E-state index is 12.0. The third kappa shape index (κ3) is 4.55. The first kappa shape index (κ1) is 15.5. The number of imidazole rings is 1. The van der Waals surface area contributed by atoms with Gasteiger partial charge in [0.2, 0.25) is 0 Å². The van der Waals surface area contributed by atoms with E-state index < -0.39 is 10.0 Å². The van der Waals surface area contributed by atoms with Crippen LogP contribution in [0.15, 0.2) is 41.8 Å². The third-order valence-electron chi connectivity index (χ3n) is 2.64. The predicted molar refractivity (Wildman–Crippen MR) is 77.4 cm³/mol. The number of hydrogen-bond acceptors (Lipinski definition) is 5. The van der Waals surface area contributed by atoms with E-state index in [1.54, 1.807) is 25.3 Å². The van der Waals surface area contributed by atoms with Gasteiger partial charge in [0.1, 0.15) is 0 Å². The maximum Gasteiger partial charge on any atom is 0.278 e. The van der Waals surface area contributed by atoms with Crippen LogP contribution in [0.3, 0.4) is 0 Å². The van der Waals surface area contributed by atoms with Crippen molar-refractivity contribution in [2.75, 3.05) is 25.0 Å². The third-order valence-corrected chi connectivity index (χ3v) is 3.95. The first-order valence-corrected chi connectivity index (χ1v) is 7.77. The van der Waals surface area contributed by atoms with Gasteiger partial charge in [-0.1, -0.05) is 12.1 Å². The fraction of sp³-hybridized carbons (Fsp3) is 0.308. The molecular weight excluding hydrogens is 294 g/mol. The number of aromatic amines is 1. The van der Waals surface area contributed by atoms with Crippen molar-refractivity contribution in [3.63, 3.8) is 0 Å². The van der Waals surface area contributed by atoms with Crippen LogP contribution in [-0.4, -0.2) is 38.7 Å². The minimum Gasteiger partial charge on any atom is -0.382 e. The van der Waals surface area contributed by atoms with Crippen LogP contribution in [-0.2, 0) is 26.1 Å². The summed E-state index contributed by atoms with van der Waals surface area (Å²) in [4.78, 5) is 6.26. The van der Waals surface area contributed by atoms with E-state index in [1.165, 1.54) is 12.5 Å². The zero-order chi connectivity index (χ0) is 15.1. The lowest BCUT2D eigenvalue weighted by Gasteiger charge is -2.08. The van der Waals surface area contributed by atoms with Gasteiger partial charge in [0, 0.05) is 12.8 Å². The number of nitrogens with zero attached hydrogens (tertiary/aromatic N) is 1. The van der Waals surface area contributed by atoms with Gasteiger partial charge in [0.25, 0.3) is 10.0 Å². The number of sulfonamides is 1. The summed E-state index contributed by atoms with van der Waals surface area (Å²) < 4.78 is 36.9. The Hall–Kier alpha value is -1.90. The Morgan fingerprint density at radius 1 is 1.33 bits per heavy atom. The molecule has 0 bridgehead atoms. The van der Waals surface area contributed by atoms with E-state index in [9.17, 15) is 8.42 Å². The molecule has 8 heteroatoms. The molecule has 0 aliphatic carbocycles. The van der Waals surface area contributed by atoms with Crippen LogP contribution in [0.4, 0.5) is 5.69 Å². The van der Waals surface area contributed by atoms with Gasteiger partial charge in [-0.3, -0.25) is 4.72 Å². The van der Waals surface area contributed by atoms with Gasteiger partial charge in [-0.15, -0.1) is 0 Å². The topological polar surface area (TPSA) is 93.3 Å². The molecule has 114 valence electrons. The van der Waals surface area contributed by atoms with Crippen molar-refractivity contribution in [3.05, 3.63) is 42.4 Å². The average Bonchev–Trinajstić information content (AvgIpc) is 2.99. The van der Waals surface area contributed by atoms with Crippen LogP contribution in [0, 0.1) is 0 Å². The second-order valence-electron chi connectivity index (χ2n) is 4.27. The van der Waals surface area contributed by atoms with Crippen LogP contribution in [0.5, 0.6) is 0 Å². The van der Waals surface area contributed by atoms with Crippen LogP contribution in [0.25, 0.3) is 0 Å². The van der Waals surface area contributed by atoms with E-state index in [1.807, 2.05) is 6.07 Å². The number of hydrogen-bond donors (Lipinski definition) is 2. The number of ether oxygens (including phenoxy) is 2. The SMILES string of the molecule is COCCOCc1cccc(NS(=O)(=O)c2cnc[nH]2)c1. The molecule has 1 aromatic heterocycles. The summed E-state index contributed by atoms with van der Waals surface area (Å²) in [5.74, 6) is 0. The summed E-state index contributed by atoms with van der Waals surface area (Å²) in [6.07, 6.45) is 2.56. The minimum atomic E-state index is -3.64. The summed E-state index contributed by atoms with van der Waals surface area (Å²) in [5, 5.41) is 0.0178. The van der Waals surface area contributed by atoms with Crippen LogP contribution in [0.2, 0.25) is 0 Å². The first-order chi connectivity index (χ1) is 10.1. The summed E-state index contributed by atoms with van der Waals surface area (Å²) in [6, 6.07) is 7.02. The number of anilines is 1. The van der Waals surface area contributed by atoms with Crippen molar-refractivity contribution in [2.24, 2.45) is 0 Å². The van der Waals surface area contributed by atoms with Gasteiger partial charge in [-0.05, 0) is 17.7 Å². The number of nitrogens with one attached hydrogen (secondary N) is 2. The van der Waals surface area contributed by atoms with E-state index >= 15 is 0 Å². The fourth-order valence-electron chi connectivity index (χ4n) is 1.66. The molecule has 1 heterocycles. The molecule has 0 aliphatic rings. The smallest absolute Gasteiger partial charge is 0.278 e. The fourth-order valence-corrected chi connectivity index (χ4v) is 2.61. The summed E-state index contributed by atoms with van der Waals surface area (Å²) in [5.41, 5.74) is 1.34. The molecule has 2 aromatic rings. The molecule has 2 rings (SSSR count). The lowest BCUT2D eigenvalue weighted by atomic mass is 10.2. The minimum absolute atomic E-state index is 0.0178. The van der Waals surface area contributed by atoms with Gasteiger partial charge < -0.3 is 14.5 Å². The van der Waals surface area contributed by atoms with Crippen molar-refractivity contribution in [1.29, 1.82) is 0 Å². The highest BCUT2D eigenvalue weighted by Gasteiger charge is 2.15. The summed E-state index contributed by atoms with van der Waals surface area (Å²) in [6.45, 7) is 1.40. The van der Waals surface area contributed by atoms with Crippen molar-refractivity contribution in [2.45, 2.75) is 11.6 Å². The average molecular weight is 311 g/mol. The molecular formula is C13H17N3O4S. The van der Waals surface area contributed by atoms with Gasteiger partial charge in [0.15, 0.2) is 5.03 Å². The van der Waals surface area contributed by atoms with E-state index in [0.717, 1.165) is 5.56 Å². The summed E-state index contributed by atoms with van der Waals surface area (Å²) in [7, 11) is -2.04. The van der Waals surface area contributed by atoms with Crippen LogP contribution in [0.1, 0.15) is 5.56 Å². The van der Waals surface area contributed by atoms with Gasteiger partial charge in [-0.2, -0.15) is 8.42 Å². The van der Waals surface area contributed by atoms with Crippen LogP contribution < -0.4 is 4.72 Å². The zero-order valence-corrected chi connectivity index (χ0v) is 12.4. The van der Waals surface area contributed by atoms with Gasteiger partial charge >= 0.3 is 0 Å². The zero-order valence-electron chi connectivity index (χ0n) is 11.6. The second-order valence-corrected chi connectivity index (χ2v) is 5.92. The molecule has 0 saturated carbocycles. The molecule has 0 amide bonds. The van der Waals surface area contributed by atoms with Crippen LogP contribution >= 0.6 is 0 Å². The van der Waals surface area contributed by atoms with Crippen molar-refractivity contribution in [3.8, 4) is 0 Å². The molecule has 7 nitrogen and oxygen atoms in total. The molecule has 1 aromatic carbocycles. The van der Waals surface area contributed by atoms with Gasteiger partial charge in [-0.25, -0.2) is 4.98 Å². The normalized spacial score (nSPS) is 11.5. The number of methoxy groups -OCH3 is 1.